The number of benzene rings is 1. The standard InChI is InChI=1S/C6H6BO/c8-7-6-4-2-1-3-5-6/h1-2,4-5,7-8H. The minimum atomic E-state index is 0.108. The summed E-state index contributed by atoms with van der Waals surface area (Å²) in [5.74, 6) is 0. The van der Waals surface area contributed by atoms with E-state index in [1.54, 1.807) is 12.1 Å². The van der Waals surface area contributed by atoms with Gasteiger partial charge in [0.2, 0.25) is 0 Å². The van der Waals surface area contributed by atoms with Crippen LogP contribution in [0.25, 0.3) is 0 Å². The van der Waals surface area contributed by atoms with Crippen LogP contribution in [0.5, 0.6) is 0 Å². The van der Waals surface area contributed by atoms with Crippen LogP contribution in [0, 0.1) is 6.07 Å². The molecule has 1 nitrogen and oxygen atoms in total. The second-order valence-electron chi connectivity index (χ2n) is 1.57. The van der Waals surface area contributed by atoms with E-state index in [1.807, 2.05) is 12.1 Å². The molecule has 1 rings (SSSR count). The first-order chi connectivity index (χ1) is 3.93. The first-order valence-corrected chi connectivity index (χ1v) is 2.49. The minimum absolute atomic E-state index is 0.108. The van der Waals surface area contributed by atoms with E-state index in [4.69, 9.17) is 5.02 Å². The summed E-state index contributed by atoms with van der Waals surface area (Å²) in [4.78, 5) is 0. The normalized spacial score (nSPS) is 8.62. The highest BCUT2D eigenvalue weighted by Crippen LogP contribution is 1.77. The number of hydrogen-bond donors (Lipinski definition) is 1. The lowest BCUT2D eigenvalue weighted by Crippen LogP contribution is -2.11. The molecule has 0 atom stereocenters. The van der Waals surface area contributed by atoms with Crippen molar-refractivity contribution in [1.82, 2.24) is 0 Å². The Morgan fingerprint density at radius 3 is 2.88 bits per heavy atom. The van der Waals surface area contributed by atoms with Gasteiger partial charge < -0.3 is 5.02 Å². The Morgan fingerprint density at radius 1 is 1.62 bits per heavy atom. The third-order valence-corrected chi connectivity index (χ3v) is 0.954. The number of rotatable bonds is 1. The molecule has 0 aliphatic heterocycles. The summed E-state index contributed by atoms with van der Waals surface area (Å²) in [6.07, 6.45) is 0. The molecule has 1 radical (unpaired) electrons. The summed E-state index contributed by atoms with van der Waals surface area (Å²) in [6.45, 7) is 0. The highest BCUT2D eigenvalue weighted by atomic mass is 16.2. The van der Waals surface area contributed by atoms with Gasteiger partial charge in [-0.15, -0.1) is 0 Å². The van der Waals surface area contributed by atoms with E-state index < -0.39 is 0 Å². The Balaban J connectivity index is 2.83. The van der Waals surface area contributed by atoms with Crippen LogP contribution in [0.15, 0.2) is 24.3 Å². The van der Waals surface area contributed by atoms with Gasteiger partial charge >= 0.3 is 7.48 Å². The van der Waals surface area contributed by atoms with Crippen LogP contribution in [0.4, 0.5) is 0 Å². The summed E-state index contributed by atoms with van der Waals surface area (Å²) < 4.78 is 0. The molecule has 0 amide bonds. The van der Waals surface area contributed by atoms with Gasteiger partial charge in [0.25, 0.3) is 0 Å². The summed E-state index contributed by atoms with van der Waals surface area (Å²) in [5.41, 5.74) is 0.910. The largest absolute Gasteiger partial charge is 0.449 e. The van der Waals surface area contributed by atoms with Crippen LogP contribution in [0.2, 0.25) is 0 Å². The zero-order chi connectivity index (χ0) is 5.82. The van der Waals surface area contributed by atoms with Crippen molar-refractivity contribution < 1.29 is 5.02 Å². The molecule has 0 fully saturated rings. The molecule has 0 saturated carbocycles. The maximum Gasteiger partial charge on any atom is 0.304 e. The molecule has 1 aromatic rings. The molecule has 1 N–H and O–H groups in total. The zero-order valence-electron chi connectivity index (χ0n) is 4.46. The molecule has 0 aromatic heterocycles. The highest BCUT2D eigenvalue weighted by molar-refractivity contribution is 6.45. The smallest absolute Gasteiger partial charge is 0.304 e. The number of hydrogen-bond acceptors (Lipinski definition) is 1. The third-order valence-electron chi connectivity index (χ3n) is 0.954. The first kappa shape index (κ1) is 5.38. The fourth-order valence-corrected chi connectivity index (χ4v) is 0.529. The van der Waals surface area contributed by atoms with Crippen LogP contribution in [-0.2, 0) is 0 Å². The maximum atomic E-state index is 8.52. The van der Waals surface area contributed by atoms with Gasteiger partial charge in [-0.1, -0.05) is 29.7 Å². The lowest BCUT2D eigenvalue weighted by Gasteiger charge is -1.86. The van der Waals surface area contributed by atoms with Crippen molar-refractivity contribution in [2.45, 2.75) is 0 Å². The van der Waals surface area contributed by atoms with Gasteiger partial charge in [-0.25, -0.2) is 0 Å². The fraction of sp³-hybridized carbons (Fsp3) is 0. The zero-order valence-corrected chi connectivity index (χ0v) is 4.46. The molecule has 39 valence electrons. The molecular weight excluding hydrogens is 98.9 g/mol. The van der Waals surface area contributed by atoms with Crippen LogP contribution in [-0.4, -0.2) is 12.5 Å². The molecule has 0 unspecified atom stereocenters. The monoisotopic (exact) mass is 105 g/mol. The molecule has 0 aliphatic carbocycles. The Bertz CT molecular complexity index is 150. The van der Waals surface area contributed by atoms with Gasteiger partial charge in [-0.05, 0) is 6.07 Å². The molecule has 0 bridgehead atoms. The molecule has 0 saturated heterocycles. The van der Waals surface area contributed by atoms with E-state index in [1.165, 1.54) is 0 Å². The highest BCUT2D eigenvalue weighted by Gasteiger charge is 1.85. The molecule has 0 spiro atoms. The van der Waals surface area contributed by atoms with E-state index in [-0.39, 0.29) is 7.48 Å². The van der Waals surface area contributed by atoms with Gasteiger partial charge in [0.05, 0.1) is 0 Å². The summed E-state index contributed by atoms with van der Waals surface area (Å²) in [6, 6.07) is 10.1. The van der Waals surface area contributed by atoms with Crippen LogP contribution >= 0.6 is 0 Å². The lowest BCUT2D eigenvalue weighted by molar-refractivity contribution is 0.615. The van der Waals surface area contributed by atoms with Crippen molar-refractivity contribution in [1.29, 1.82) is 0 Å². The lowest BCUT2D eigenvalue weighted by atomic mass is 9.89. The van der Waals surface area contributed by atoms with Crippen LogP contribution in [0.1, 0.15) is 0 Å². The van der Waals surface area contributed by atoms with Crippen molar-refractivity contribution >= 4 is 12.9 Å². The molecule has 2 heteroatoms. The quantitative estimate of drug-likeness (QED) is 0.475. The topological polar surface area (TPSA) is 20.2 Å². The Hall–Kier alpha value is -0.755. The van der Waals surface area contributed by atoms with Crippen molar-refractivity contribution in [3.63, 3.8) is 0 Å². The Kier molecular flexibility index (Phi) is 1.70. The van der Waals surface area contributed by atoms with Crippen LogP contribution in [0.3, 0.4) is 0 Å². The summed E-state index contributed by atoms with van der Waals surface area (Å²) in [5, 5.41) is 8.52. The van der Waals surface area contributed by atoms with E-state index in [2.05, 4.69) is 6.07 Å². The van der Waals surface area contributed by atoms with E-state index in [0.717, 1.165) is 5.46 Å². The van der Waals surface area contributed by atoms with E-state index in [0.29, 0.717) is 0 Å². The average molecular weight is 105 g/mol. The second-order valence-corrected chi connectivity index (χ2v) is 1.57. The molecule has 8 heavy (non-hydrogen) atoms. The van der Waals surface area contributed by atoms with Gasteiger partial charge in [-0.2, -0.15) is 0 Å². The maximum absolute atomic E-state index is 8.52. The third kappa shape index (κ3) is 1.11. The van der Waals surface area contributed by atoms with Gasteiger partial charge in [-0.3, -0.25) is 0 Å². The van der Waals surface area contributed by atoms with Crippen molar-refractivity contribution in [2.24, 2.45) is 0 Å². The van der Waals surface area contributed by atoms with E-state index in [9.17, 15) is 0 Å². The molecule has 0 aliphatic rings. The molecule has 0 heterocycles. The minimum Gasteiger partial charge on any atom is -0.449 e. The Labute approximate surface area is 49.2 Å². The second kappa shape index (κ2) is 2.53. The van der Waals surface area contributed by atoms with Crippen LogP contribution < -0.4 is 5.46 Å². The predicted molar refractivity (Wildman–Crippen MR) is 34.3 cm³/mol. The predicted octanol–water partition coefficient (Wildman–Crippen LogP) is -0.544. The van der Waals surface area contributed by atoms with Gasteiger partial charge in [0.1, 0.15) is 0 Å². The summed E-state index contributed by atoms with van der Waals surface area (Å²) >= 11 is 0. The van der Waals surface area contributed by atoms with Gasteiger partial charge in [0.15, 0.2) is 0 Å². The molecule has 1 aromatic carbocycles. The molecular formula is C6H6BO. The van der Waals surface area contributed by atoms with Gasteiger partial charge in [0, 0.05) is 0 Å². The average Bonchev–Trinajstić information content (AvgIpc) is 1.90. The van der Waals surface area contributed by atoms with Crippen molar-refractivity contribution in [2.75, 3.05) is 0 Å². The fourth-order valence-electron chi connectivity index (χ4n) is 0.529. The van der Waals surface area contributed by atoms with Crippen molar-refractivity contribution in [3.05, 3.63) is 30.3 Å². The first-order valence-electron chi connectivity index (χ1n) is 2.49. The SMILES string of the molecule is OBc1c[c]ccc1. The van der Waals surface area contributed by atoms with Crippen molar-refractivity contribution in [3.8, 4) is 0 Å². The summed E-state index contributed by atoms with van der Waals surface area (Å²) in [7, 11) is 0.108. The van der Waals surface area contributed by atoms with E-state index >= 15 is 0 Å². The Morgan fingerprint density at radius 2 is 2.50 bits per heavy atom.